The number of carboxylic acid groups (broad SMARTS) is 1. The summed E-state index contributed by atoms with van der Waals surface area (Å²) in [5, 5.41) is 24.4. The summed E-state index contributed by atoms with van der Waals surface area (Å²) in [4.78, 5) is 25.5. The van der Waals surface area contributed by atoms with Gasteiger partial charge in [0.05, 0.1) is 23.6 Å². The Bertz CT molecular complexity index is 1460. The fourth-order valence-corrected chi connectivity index (χ4v) is 5.42. The number of hydrogen-bond acceptors (Lipinski definition) is 7. The summed E-state index contributed by atoms with van der Waals surface area (Å²) in [6, 6.07) is 9.79. The number of sulfonamides is 1. The van der Waals surface area contributed by atoms with Gasteiger partial charge in [0.25, 0.3) is 5.91 Å². The van der Waals surface area contributed by atoms with E-state index in [1.165, 1.54) is 24.3 Å². The molecule has 230 valence electrons. The number of halogens is 3. The van der Waals surface area contributed by atoms with E-state index in [1.54, 1.807) is 19.1 Å². The standard InChI is InChI=1S/C26H31FN6O6S.2ClH/c1-16(28)32-9-7-21(8-10-32)39-23-6-5-20(13-22(23)26(31)36)33(40(37,38)15-24(34)35)14-19(27)12-17-3-2-4-18(11-17)25(29)30;;/h2-6,11-13,21,28H,7-10,14-15H2,1H3,(H3,29,30)(H2,31,36)(H,34,35);2*1H/b19-12-,28-16?;;. The minimum absolute atomic E-state index is 0. The first-order valence-electron chi connectivity index (χ1n) is 12.2. The van der Waals surface area contributed by atoms with Crippen molar-refractivity contribution in [2.24, 2.45) is 11.5 Å². The minimum atomic E-state index is -4.60. The molecular formula is C26H33Cl2FN6O6S. The maximum absolute atomic E-state index is 15.1. The SMILES string of the molecule is CC(=N)N1CCC(Oc2ccc(N(C/C(F)=C/c3cccc(C(=N)N)c3)S(=O)(=O)CC(=O)O)cc2C(N)=O)CC1.Cl.Cl. The van der Waals surface area contributed by atoms with Crippen molar-refractivity contribution in [1.29, 1.82) is 10.8 Å². The van der Waals surface area contributed by atoms with Crippen LogP contribution >= 0.6 is 24.8 Å². The second-order valence-corrected chi connectivity index (χ2v) is 11.1. The molecule has 7 N–H and O–H groups in total. The number of primary amides is 1. The number of carbonyl (C=O) groups is 2. The molecule has 12 nitrogen and oxygen atoms in total. The van der Waals surface area contributed by atoms with Gasteiger partial charge in [0, 0.05) is 31.5 Å². The molecular weight excluding hydrogens is 614 g/mol. The Kier molecular flexibility index (Phi) is 13.2. The molecule has 42 heavy (non-hydrogen) atoms. The predicted molar refractivity (Wildman–Crippen MR) is 163 cm³/mol. The average Bonchev–Trinajstić information content (AvgIpc) is 2.87. The summed E-state index contributed by atoms with van der Waals surface area (Å²) in [6.07, 6.45) is 1.91. The lowest BCUT2D eigenvalue weighted by Gasteiger charge is -2.33. The van der Waals surface area contributed by atoms with Crippen LogP contribution in [-0.4, -0.2) is 73.5 Å². The van der Waals surface area contributed by atoms with Gasteiger partial charge in [0.15, 0.2) is 5.75 Å². The van der Waals surface area contributed by atoms with Crippen molar-refractivity contribution in [3.8, 4) is 5.75 Å². The van der Waals surface area contributed by atoms with Crippen molar-refractivity contribution in [3.63, 3.8) is 0 Å². The van der Waals surface area contributed by atoms with Gasteiger partial charge in [-0.2, -0.15) is 0 Å². The Morgan fingerprint density at radius 2 is 1.79 bits per heavy atom. The van der Waals surface area contributed by atoms with Gasteiger partial charge in [-0.1, -0.05) is 18.2 Å². The van der Waals surface area contributed by atoms with E-state index in [1.807, 2.05) is 4.90 Å². The van der Waals surface area contributed by atoms with Gasteiger partial charge in [0.1, 0.15) is 23.5 Å². The van der Waals surface area contributed by atoms with Crippen LogP contribution in [0.1, 0.15) is 41.3 Å². The number of amides is 1. The first kappa shape index (κ1) is 36.1. The lowest BCUT2D eigenvalue weighted by atomic mass is 10.1. The fraction of sp³-hybridized carbons (Fsp3) is 0.308. The molecule has 1 saturated heterocycles. The van der Waals surface area contributed by atoms with Gasteiger partial charge in [-0.05, 0) is 42.8 Å². The fourth-order valence-electron chi connectivity index (χ4n) is 4.20. The molecule has 0 radical (unpaired) electrons. The maximum atomic E-state index is 15.1. The molecule has 0 unspecified atom stereocenters. The summed E-state index contributed by atoms with van der Waals surface area (Å²) in [5.41, 5.74) is 11.3. The number of nitrogens with two attached hydrogens (primary N) is 2. The van der Waals surface area contributed by atoms with Crippen LogP contribution in [0.5, 0.6) is 5.75 Å². The van der Waals surface area contributed by atoms with Crippen LogP contribution in [0.25, 0.3) is 6.08 Å². The van der Waals surface area contributed by atoms with Gasteiger partial charge in [-0.3, -0.25) is 24.7 Å². The number of rotatable bonds is 11. The summed E-state index contributed by atoms with van der Waals surface area (Å²) in [6.45, 7) is 1.99. The zero-order valence-corrected chi connectivity index (χ0v) is 25.0. The van der Waals surface area contributed by atoms with E-state index in [4.69, 9.17) is 32.1 Å². The first-order valence-corrected chi connectivity index (χ1v) is 13.8. The van der Waals surface area contributed by atoms with Gasteiger partial charge in [-0.25, -0.2) is 12.8 Å². The van der Waals surface area contributed by atoms with E-state index in [9.17, 15) is 18.0 Å². The summed E-state index contributed by atoms with van der Waals surface area (Å²) in [7, 11) is -4.60. The summed E-state index contributed by atoms with van der Waals surface area (Å²) >= 11 is 0. The number of carboxylic acids is 1. The molecule has 0 bridgehead atoms. The number of nitrogens with zero attached hydrogens (tertiary/aromatic N) is 2. The van der Waals surface area contributed by atoms with Gasteiger partial charge in [-0.15, -0.1) is 24.8 Å². The van der Waals surface area contributed by atoms with E-state index in [2.05, 4.69) is 0 Å². The molecule has 1 heterocycles. The van der Waals surface area contributed by atoms with E-state index in [-0.39, 0.29) is 53.8 Å². The number of benzene rings is 2. The molecule has 1 aliphatic heterocycles. The molecule has 0 spiro atoms. The molecule has 1 amide bonds. The van der Waals surface area contributed by atoms with Crippen molar-refractivity contribution in [1.82, 2.24) is 4.90 Å². The lowest BCUT2D eigenvalue weighted by Crippen LogP contribution is -2.40. The highest BCUT2D eigenvalue weighted by Crippen LogP contribution is 2.30. The largest absolute Gasteiger partial charge is 0.489 e. The topological polar surface area (TPSA) is 204 Å². The number of anilines is 1. The molecule has 1 aliphatic rings. The van der Waals surface area contributed by atoms with E-state index >= 15 is 4.39 Å². The average molecular weight is 648 g/mol. The Hall–Kier alpha value is -3.88. The minimum Gasteiger partial charge on any atom is -0.489 e. The zero-order chi connectivity index (χ0) is 29.6. The second-order valence-electron chi connectivity index (χ2n) is 9.22. The van der Waals surface area contributed by atoms with Crippen molar-refractivity contribution >= 4 is 70.1 Å². The Labute approximate surface area is 255 Å². The third-order valence-corrected chi connectivity index (χ3v) is 7.81. The molecule has 0 saturated carbocycles. The molecule has 0 atom stereocenters. The summed E-state index contributed by atoms with van der Waals surface area (Å²) < 4.78 is 47.6. The molecule has 16 heteroatoms. The molecule has 0 aromatic heterocycles. The first-order chi connectivity index (χ1) is 18.8. The number of hydrogen-bond donors (Lipinski definition) is 5. The van der Waals surface area contributed by atoms with E-state index in [0.717, 1.165) is 12.1 Å². The number of carbonyl (C=O) groups excluding carboxylic acids is 1. The highest BCUT2D eigenvalue weighted by atomic mass is 35.5. The Morgan fingerprint density at radius 1 is 1.14 bits per heavy atom. The molecule has 3 rings (SSSR count). The number of aliphatic carboxylic acids is 1. The Balaban J connectivity index is 0.00000441. The lowest BCUT2D eigenvalue weighted by molar-refractivity contribution is -0.134. The third kappa shape index (κ3) is 9.60. The third-order valence-electron chi connectivity index (χ3n) is 6.18. The molecule has 2 aromatic carbocycles. The van der Waals surface area contributed by atoms with Crippen LogP contribution in [0.15, 0.2) is 48.3 Å². The van der Waals surface area contributed by atoms with Crippen LogP contribution in [0.4, 0.5) is 10.1 Å². The van der Waals surface area contributed by atoms with Crippen LogP contribution in [-0.2, 0) is 14.8 Å². The van der Waals surface area contributed by atoms with Crippen LogP contribution in [0.3, 0.4) is 0 Å². The van der Waals surface area contributed by atoms with Gasteiger partial charge >= 0.3 is 5.97 Å². The number of amidine groups is 2. The van der Waals surface area contributed by atoms with Crippen LogP contribution in [0, 0.1) is 10.8 Å². The van der Waals surface area contributed by atoms with Gasteiger partial charge in [0.2, 0.25) is 10.0 Å². The number of nitrogen functional groups attached to an aromatic ring is 1. The highest BCUT2D eigenvalue weighted by molar-refractivity contribution is 7.93. The highest BCUT2D eigenvalue weighted by Gasteiger charge is 2.29. The van der Waals surface area contributed by atoms with Gasteiger partial charge < -0.3 is 26.2 Å². The number of nitrogens with one attached hydrogen (secondary N) is 2. The van der Waals surface area contributed by atoms with Crippen molar-refractivity contribution in [2.75, 3.05) is 29.7 Å². The molecule has 2 aromatic rings. The number of piperidine rings is 1. The van der Waals surface area contributed by atoms with E-state index in [0.29, 0.717) is 47.2 Å². The van der Waals surface area contributed by atoms with Crippen molar-refractivity contribution in [3.05, 3.63) is 65.0 Å². The monoisotopic (exact) mass is 646 g/mol. The zero-order valence-electron chi connectivity index (χ0n) is 22.6. The predicted octanol–water partition coefficient (Wildman–Crippen LogP) is 2.98. The number of likely N-dealkylation sites (tertiary alicyclic amines) is 1. The smallest absolute Gasteiger partial charge is 0.320 e. The number of ether oxygens (including phenoxy) is 1. The maximum Gasteiger partial charge on any atom is 0.320 e. The molecule has 0 aliphatic carbocycles. The Morgan fingerprint density at radius 3 is 2.33 bits per heavy atom. The van der Waals surface area contributed by atoms with Crippen LogP contribution in [0.2, 0.25) is 0 Å². The van der Waals surface area contributed by atoms with Crippen molar-refractivity contribution < 1.29 is 32.2 Å². The molecule has 1 fully saturated rings. The quantitative estimate of drug-likeness (QED) is 0.181. The van der Waals surface area contributed by atoms with Crippen LogP contribution < -0.4 is 20.5 Å². The summed E-state index contributed by atoms with van der Waals surface area (Å²) in [5.74, 6) is -4.52. The van der Waals surface area contributed by atoms with Crippen molar-refractivity contribution in [2.45, 2.75) is 25.9 Å². The second kappa shape index (κ2) is 15.4. The normalized spacial score (nSPS) is 13.8. The van der Waals surface area contributed by atoms with E-state index < -0.39 is 40.0 Å².